The Hall–Kier alpha value is -0.940. The fraction of sp³-hybridized carbons (Fsp3) is 0.500. The number of benzene rings is 1. The normalized spacial score (nSPS) is 16.4. The van der Waals surface area contributed by atoms with Crippen LogP contribution in [0.5, 0.6) is 0 Å². The summed E-state index contributed by atoms with van der Waals surface area (Å²) >= 11 is 3.23. The second-order valence-corrected chi connectivity index (χ2v) is 5.72. The van der Waals surface area contributed by atoms with Crippen LogP contribution in [-0.2, 0) is 4.74 Å². The van der Waals surface area contributed by atoms with E-state index >= 15 is 0 Å². The number of nitrogens with zero attached hydrogens (tertiary/aromatic N) is 1. The van der Waals surface area contributed by atoms with Crippen molar-refractivity contribution in [3.63, 3.8) is 0 Å². The fourth-order valence-corrected chi connectivity index (χ4v) is 2.79. The molecule has 0 radical (unpaired) electrons. The molecule has 1 aromatic carbocycles. The van der Waals surface area contributed by atoms with Crippen LogP contribution in [0.1, 0.15) is 23.2 Å². The summed E-state index contributed by atoms with van der Waals surface area (Å²) in [6, 6.07) is 4.14. The zero-order chi connectivity index (χ0) is 13.8. The van der Waals surface area contributed by atoms with Crippen molar-refractivity contribution in [2.24, 2.45) is 5.92 Å². The van der Waals surface area contributed by atoms with Crippen LogP contribution in [0.4, 0.5) is 4.39 Å². The van der Waals surface area contributed by atoms with Crippen LogP contribution in [0.2, 0.25) is 0 Å². The summed E-state index contributed by atoms with van der Waals surface area (Å²) in [5.74, 6) is 0.0517. The Kier molecular flexibility index (Phi) is 4.93. The molecule has 0 aliphatic carbocycles. The molecule has 0 bridgehead atoms. The first-order valence-corrected chi connectivity index (χ1v) is 7.15. The Balaban J connectivity index is 2.01. The lowest BCUT2D eigenvalue weighted by Gasteiger charge is -2.27. The van der Waals surface area contributed by atoms with Gasteiger partial charge in [0.05, 0.1) is 5.56 Å². The molecule has 0 aromatic heterocycles. The van der Waals surface area contributed by atoms with Crippen molar-refractivity contribution in [2.45, 2.75) is 12.8 Å². The highest BCUT2D eigenvalue weighted by Crippen LogP contribution is 2.21. The highest BCUT2D eigenvalue weighted by atomic mass is 79.9. The molecule has 104 valence electrons. The number of carbonyl (C=O) groups is 1. The van der Waals surface area contributed by atoms with E-state index in [2.05, 4.69) is 15.9 Å². The standard InChI is InChI=1S/C14H17BrFNO2/c1-17(9-10-4-6-19-7-5-10)14(18)12-3-2-11(16)8-13(12)15/h2-3,8,10H,4-7,9H2,1H3. The third-order valence-electron chi connectivity index (χ3n) is 3.38. The maximum atomic E-state index is 13.0. The maximum absolute atomic E-state index is 13.0. The van der Waals surface area contributed by atoms with E-state index in [0.29, 0.717) is 22.5 Å². The minimum atomic E-state index is -0.351. The first kappa shape index (κ1) is 14.5. The maximum Gasteiger partial charge on any atom is 0.254 e. The monoisotopic (exact) mass is 329 g/mol. The van der Waals surface area contributed by atoms with Crippen molar-refractivity contribution in [3.8, 4) is 0 Å². The molecule has 19 heavy (non-hydrogen) atoms. The number of carbonyl (C=O) groups excluding carboxylic acids is 1. The molecule has 0 unspecified atom stereocenters. The molecule has 0 saturated carbocycles. The molecule has 1 amide bonds. The summed E-state index contributed by atoms with van der Waals surface area (Å²) in [7, 11) is 1.79. The lowest BCUT2D eigenvalue weighted by molar-refractivity contribution is 0.0497. The van der Waals surface area contributed by atoms with Gasteiger partial charge in [0.1, 0.15) is 5.82 Å². The van der Waals surface area contributed by atoms with Gasteiger partial charge in [-0.2, -0.15) is 0 Å². The Labute approximate surface area is 120 Å². The van der Waals surface area contributed by atoms with Crippen molar-refractivity contribution in [2.75, 3.05) is 26.8 Å². The van der Waals surface area contributed by atoms with Gasteiger partial charge < -0.3 is 9.64 Å². The zero-order valence-corrected chi connectivity index (χ0v) is 12.5. The summed E-state index contributed by atoms with van der Waals surface area (Å²) in [5, 5.41) is 0. The summed E-state index contributed by atoms with van der Waals surface area (Å²) in [6.07, 6.45) is 1.98. The minimum Gasteiger partial charge on any atom is -0.381 e. The first-order chi connectivity index (χ1) is 9.08. The smallest absolute Gasteiger partial charge is 0.254 e. The van der Waals surface area contributed by atoms with Gasteiger partial charge >= 0.3 is 0 Å². The molecular formula is C14H17BrFNO2. The molecular weight excluding hydrogens is 313 g/mol. The van der Waals surface area contributed by atoms with Gasteiger partial charge in [-0.05, 0) is 52.9 Å². The third kappa shape index (κ3) is 3.76. The van der Waals surface area contributed by atoms with E-state index in [1.807, 2.05) is 0 Å². The van der Waals surface area contributed by atoms with Crippen LogP contribution in [0.3, 0.4) is 0 Å². The molecule has 1 aliphatic heterocycles. The van der Waals surface area contributed by atoms with E-state index in [4.69, 9.17) is 4.74 Å². The van der Waals surface area contributed by atoms with Gasteiger partial charge in [-0.25, -0.2) is 4.39 Å². The highest BCUT2D eigenvalue weighted by molar-refractivity contribution is 9.10. The summed E-state index contributed by atoms with van der Waals surface area (Å²) < 4.78 is 18.8. The van der Waals surface area contributed by atoms with Gasteiger partial charge in [0.2, 0.25) is 0 Å². The van der Waals surface area contributed by atoms with Gasteiger partial charge in [0.15, 0.2) is 0 Å². The van der Waals surface area contributed by atoms with E-state index < -0.39 is 0 Å². The molecule has 2 rings (SSSR count). The lowest BCUT2D eigenvalue weighted by Crippen LogP contribution is -2.34. The van der Waals surface area contributed by atoms with Gasteiger partial charge in [-0.3, -0.25) is 4.79 Å². The molecule has 1 aromatic rings. The number of hydrogen-bond acceptors (Lipinski definition) is 2. The van der Waals surface area contributed by atoms with Gasteiger partial charge in [-0.1, -0.05) is 0 Å². The lowest BCUT2D eigenvalue weighted by atomic mass is 9.99. The quantitative estimate of drug-likeness (QED) is 0.852. The average molecular weight is 330 g/mol. The second kappa shape index (κ2) is 6.48. The van der Waals surface area contributed by atoms with E-state index in [-0.39, 0.29) is 11.7 Å². The number of amides is 1. The molecule has 0 atom stereocenters. The van der Waals surface area contributed by atoms with Crippen LogP contribution in [0.15, 0.2) is 22.7 Å². The number of rotatable bonds is 3. The van der Waals surface area contributed by atoms with Crippen molar-refractivity contribution < 1.29 is 13.9 Å². The van der Waals surface area contributed by atoms with Crippen molar-refractivity contribution in [3.05, 3.63) is 34.1 Å². The third-order valence-corrected chi connectivity index (χ3v) is 4.04. The number of hydrogen-bond donors (Lipinski definition) is 0. The van der Waals surface area contributed by atoms with Crippen LogP contribution in [0.25, 0.3) is 0 Å². The molecule has 5 heteroatoms. The Morgan fingerprint density at radius 2 is 2.16 bits per heavy atom. The topological polar surface area (TPSA) is 29.5 Å². The molecule has 1 saturated heterocycles. The second-order valence-electron chi connectivity index (χ2n) is 4.87. The van der Waals surface area contributed by atoms with Crippen LogP contribution in [-0.4, -0.2) is 37.6 Å². The van der Waals surface area contributed by atoms with Crippen LogP contribution >= 0.6 is 15.9 Å². The van der Waals surface area contributed by atoms with Gasteiger partial charge in [-0.15, -0.1) is 0 Å². The van der Waals surface area contributed by atoms with E-state index in [9.17, 15) is 9.18 Å². The predicted octanol–water partition coefficient (Wildman–Crippen LogP) is 3.09. The van der Waals surface area contributed by atoms with Gasteiger partial charge in [0, 0.05) is 31.3 Å². The minimum absolute atomic E-state index is 0.0848. The van der Waals surface area contributed by atoms with Crippen molar-refractivity contribution >= 4 is 21.8 Å². The zero-order valence-electron chi connectivity index (χ0n) is 10.9. The summed E-state index contributed by atoms with van der Waals surface area (Å²) in [4.78, 5) is 14.0. The Morgan fingerprint density at radius 3 is 2.79 bits per heavy atom. The Morgan fingerprint density at radius 1 is 1.47 bits per heavy atom. The molecule has 0 spiro atoms. The van der Waals surface area contributed by atoms with Crippen LogP contribution < -0.4 is 0 Å². The summed E-state index contributed by atoms with van der Waals surface area (Å²) in [5.41, 5.74) is 0.496. The largest absolute Gasteiger partial charge is 0.381 e. The van der Waals surface area contributed by atoms with Crippen molar-refractivity contribution in [1.29, 1.82) is 0 Å². The van der Waals surface area contributed by atoms with Crippen LogP contribution in [0, 0.1) is 11.7 Å². The fourth-order valence-electron chi connectivity index (χ4n) is 2.27. The average Bonchev–Trinajstić information content (AvgIpc) is 2.39. The Bertz CT molecular complexity index is 461. The predicted molar refractivity (Wildman–Crippen MR) is 74.6 cm³/mol. The first-order valence-electron chi connectivity index (χ1n) is 6.36. The number of halogens is 2. The molecule has 1 aliphatic rings. The number of ether oxygens (including phenoxy) is 1. The molecule has 3 nitrogen and oxygen atoms in total. The summed E-state index contributed by atoms with van der Waals surface area (Å²) in [6.45, 7) is 2.26. The molecule has 1 fully saturated rings. The van der Waals surface area contributed by atoms with E-state index in [1.165, 1.54) is 18.2 Å². The van der Waals surface area contributed by atoms with Gasteiger partial charge in [0.25, 0.3) is 5.91 Å². The SMILES string of the molecule is CN(CC1CCOCC1)C(=O)c1ccc(F)cc1Br. The van der Waals surface area contributed by atoms with E-state index in [0.717, 1.165) is 26.1 Å². The van der Waals surface area contributed by atoms with Crippen molar-refractivity contribution in [1.82, 2.24) is 4.90 Å². The molecule has 1 heterocycles. The molecule has 0 N–H and O–H groups in total. The van der Waals surface area contributed by atoms with E-state index in [1.54, 1.807) is 11.9 Å². The highest BCUT2D eigenvalue weighted by Gasteiger charge is 2.20.